The summed E-state index contributed by atoms with van der Waals surface area (Å²) in [6, 6.07) is 10.7. The van der Waals surface area contributed by atoms with Gasteiger partial charge >= 0.3 is 6.09 Å². The number of likely N-dealkylation sites (tertiary alicyclic amines) is 1. The maximum absolute atomic E-state index is 11.9. The van der Waals surface area contributed by atoms with Crippen LogP contribution in [-0.2, 0) is 0 Å². The molecule has 1 amide bonds. The first-order chi connectivity index (χ1) is 8.31. The van der Waals surface area contributed by atoms with Crippen LogP contribution in [0.4, 0.5) is 4.79 Å². The summed E-state index contributed by atoms with van der Waals surface area (Å²) in [6.45, 7) is 0.601. The topological polar surface area (TPSA) is 53.3 Å². The van der Waals surface area contributed by atoms with E-state index in [1.54, 1.807) is 24.3 Å². The van der Waals surface area contributed by atoms with Gasteiger partial charge in [-0.2, -0.15) is 5.26 Å². The Balaban J connectivity index is 2.02. The third kappa shape index (κ3) is 2.76. The number of rotatable bonds is 1. The van der Waals surface area contributed by atoms with Crippen LogP contribution in [0.5, 0.6) is 5.75 Å². The number of amides is 1. The Bertz CT molecular complexity index is 425. The third-order valence-electron chi connectivity index (χ3n) is 2.83. The highest BCUT2D eigenvalue weighted by Gasteiger charge is 2.27. The summed E-state index contributed by atoms with van der Waals surface area (Å²) < 4.78 is 5.22. The predicted octanol–water partition coefficient (Wildman–Crippen LogP) is 2.56. The molecule has 1 aliphatic heterocycles. The molecule has 1 atom stereocenters. The maximum atomic E-state index is 11.9. The highest BCUT2D eigenvalue weighted by molar-refractivity contribution is 5.71. The van der Waals surface area contributed by atoms with E-state index < -0.39 is 6.09 Å². The molecule has 1 fully saturated rings. The van der Waals surface area contributed by atoms with Crippen LogP contribution in [0.1, 0.15) is 19.3 Å². The average molecular weight is 230 g/mol. The summed E-state index contributed by atoms with van der Waals surface area (Å²) in [5.41, 5.74) is 0. The lowest BCUT2D eigenvalue weighted by Crippen LogP contribution is -2.44. The van der Waals surface area contributed by atoms with E-state index in [0.717, 1.165) is 19.3 Å². The zero-order valence-electron chi connectivity index (χ0n) is 9.50. The number of hydrogen-bond donors (Lipinski definition) is 0. The van der Waals surface area contributed by atoms with Gasteiger partial charge in [0.25, 0.3) is 0 Å². The molecule has 1 aromatic carbocycles. The van der Waals surface area contributed by atoms with Crippen LogP contribution in [-0.4, -0.2) is 23.6 Å². The number of benzene rings is 1. The van der Waals surface area contributed by atoms with E-state index in [1.165, 1.54) is 4.90 Å². The van der Waals surface area contributed by atoms with Crippen molar-refractivity contribution in [3.05, 3.63) is 30.3 Å². The van der Waals surface area contributed by atoms with Gasteiger partial charge in [-0.15, -0.1) is 0 Å². The molecule has 1 unspecified atom stereocenters. The summed E-state index contributed by atoms with van der Waals surface area (Å²) in [6.07, 6.45) is 2.23. The Labute approximate surface area is 100 Å². The van der Waals surface area contributed by atoms with Gasteiger partial charge in [-0.05, 0) is 31.4 Å². The Morgan fingerprint density at radius 1 is 1.35 bits per heavy atom. The van der Waals surface area contributed by atoms with Gasteiger partial charge in [-0.25, -0.2) is 4.79 Å². The zero-order valence-corrected chi connectivity index (χ0v) is 9.50. The summed E-state index contributed by atoms with van der Waals surface area (Å²) in [4.78, 5) is 13.4. The first kappa shape index (κ1) is 11.5. The quantitative estimate of drug-likeness (QED) is 0.745. The maximum Gasteiger partial charge on any atom is 0.416 e. The van der Waals surface area contributed by atoms with Gasteiger partial charge in [-0.3, -0.25) is 4.90 Å². The van der Waals surface area contributed by atoms with Gasteiger partial charge in [-0.1, -0.05) is 18.2 Å². The number of para-hydroxylation sites is 1. The number of ether oxygens (including phenoxy) is 1. The monoisotopic (exact) mass is 230 g/mol. The molecule has 1 heterocycles. The smallest absolute Gasteiger partial charge is 0.410 e. The fourth-order valence-electron chi connectivity index (χ4n) is 1.93. The van der Waals surface area contributed by atoms with Crippen molar-refractivity contribution in [3.8, 4) is 11.8 Å². The first-order valence-electron chi connectivity index (χ1n) is 5.74. The van der Waals surface area contributed by atoms with Crippen LogP contribution >= 0.6 is 0 Å². The van der Waals surface area contributed by atoms with Crippen molar-refractivity contribution >= 4 is 6.09 Å². The molecule has 0 spiro atoms. The normalized spacial score (nSPS) is 19.5. The van der Waals surface area contributed by atoms with Crippen LogP contribution in [0, 0.1) is 11.3 Å². The van der Waals surface area contributed by atoms with Gasteiger partial charge < -0.3 is 4.74 Å². The summed E-state index contributed by atoms with van der Waals surface area (Å²) in [5.74, 6) is 0.514. The van der Waals surface area contributed by atoms with E-state index in [1.807, 2.05) is 6.07 Å². The minimum atomic E-state index is -0.428. The van der Waals surface area contributed by atoms with Crippen LogP contribution in [0.25, 0.3) is 0 Å². The fourth-order valence-corrected chi connectivity index (χ4v) is 1.93. The molecule has 4 nitrogen and oxygen atoms in total. The molecule has 2 rings (SSSR count). The van der Waals surface area contributed by atoms with E-state index in [0.29, 0.717) is 12.3 Å². The molecule has 1 aliphatic rings. The molecular weight excluding hydrogens is 216 g/mol. The van der Waals surface area contributed by atoms with E-state index in [2.05, 4.69) is 6.07 Å². The number of hydrogen-bond acceptors (Lipinski definition) is 3. The minimum absolute atomic E-state index is 0.347. The summed E-state index contributed by atoms with van der Waals surface area (Å²) in [7, 11) is 0. The van der Waals surface area contributed by atoms with Crippen molar-refractivity contribution in [2.45, 2.75) is 25.3 Å². The predicted molar refractivity (Wildman–Crippen MR) is 62.4 cm³/mol. The van der Waals surface area contributed by atoms with Gasteiger partial charge in [0.1, 0.15) is 11.8 Å². The second kappa shape index (κ2) is 5.35. The zero-order chi connectivity index (χ0) is 12.1. The summed E-state index contributed by atoms with van der Waals surface area (Å²) >= 11 is 0. The molecule has 4 heteroatoms. The fraction of sp³-hybridized carbons (Fsp3) is 0.385. The highest BCUT2D eigenvalue weighted by atomic mass is 16.6. The van der Waals surface area contributed by atoms with Crippen molar-refractivity contribution in [2.75, 3.05) is 6.54 Å². The number of piperidine rings is 1. The van der Waals surface area contributed by atoms with Crippen molar-refractivity contribution in [2.24, 2.45) is 0 Å². The Morgan fingerprint density at radius 3 is 2.82 bits per heavy atom. The van der Waals surface area contributed by atoms with Crippen molar-refractivity contribution in [1.82, 2.24) is 4.90 Å². The first-order valence-corrected chi connectivity index (χ1v) is 5.74. The van der Waals surface area contributed by atoms with E-state index in [4.69, 9.17) is 10.00 Å². The van der Waals surface area contributed by atoms with Gasteiger partial charge in [0.2, 0.25) is 0 Å². The van der Waals surface area contributed by atoms with E-state index >= 15 is 0 Å². The Morgan fingerprint density at radius 2 is 2.12 bits per heavy atom. The van der Waals surface area contributed by atoms with E-state index in [9.17, 15) is 4.79 Å². The lowest BCUT2D eigenvalue weighted by molar-refractivity contribution is 0.128. The lowest BCUT2D eigenvalue weighted by Gasteiger charge is -2.30. The van der Waals surface area contributed by atoms with Gasteiger partial charge in [0.15, 0.2) is 0 Å². The van der Waals surface area contributed by atoms with Gasteiger partial charge in [0, 0.05) is 6.54 Å². The highest BCUT2D eigenvalue weighted by Crippen LogP contribution is 2.18. The standard InChI is InChI=1S/C13H14N2O2/c14-10-11-6-4-5-9-15(11)13(16)17-12-7-2-1-3-8-12/h1-3,7-8,11H,4-6,9H2. The molecule has 88 valence electrons. The molecule has 1 aromatic rings. The molecule has 0 saturated carbocycles. The largest absolute Gasteiger partial charge is 0.416 e. The SMILES string of the molecule is N#CC1CCCCN1C(=O)Oc1ccccc1. The van der Waals surface area contributed by atoms with Crippen LogP contribution < -0.4 is 4.74 Å². The molecule has 1 saturated heterocycles. The van der Waals surface area contributed by atoms with Crippen LogP contribution in [0.15, 0.2) is 30.3 Å². The van der Waals surface area contributed by atoms with Crippen molar-refractivity contribution in [3.63, 3.8) is 0 Å². The second-order valence-electron chi connectivity index (χ2n) is 4.02. The molecule has 0 radical (unpaired) electrons. The molecular formula is C13H14N2O2. The van der Waals surface area contributed by atoms with Crippen molar-refractivity contribution < 1.29 is 9.53 Å². The molecule has 0 bridgehead atoms. The number of carbonyl (C=O) groups excluding carboxylic acids is 1. The number of nitrogens with zero attached hydrogens (tertiary/aromatic N) is 2. The molecule has 0 aliphatic carbocycles. The third-order valence-corrected chi connectivity index (χ3v) is 2.83. The average Bonchev–Trinajstić information content (AvgIpc) is 2.40. The second-order valence-corrected chi connectivity index (χ2v) is 4.02. The van der Waals surface area contributed by atoms with Gasteiger partial charge in [0.05, 0.1) is 6.07 Å². The van der Waals surface area contributed by atoms with Crippen molar-refractivity contribution in [1.29, 1.82) is 5.26 Å². The lowest BCUT2D eigenvalue weighted by atomic mass is 10.0. The summed E-state index contributed by atoms with van der Waals surface area (Å²) in [5, 5.41) is 8.98. The Kier molecular flexibility index (Phi) is 3.61. The molecule has 17 heavy (non-hydrogen) atoms. The Hall–Kier alpha value is -2.02. The molecule has 0 aromatic heterocycles. The van der Waals surface area contributed by atoms with E-state index in [-0.39, 0.29) is 6.04 Å². The number of nitriles is 1. The minimum Gasteiger partial charge on any atom is -0.410 e. The van der Waals surface area contributed by atoms with Crippen LogP contribution in [0.3, 0.4) is 0 Å². The van der Waals surface area contributed by atoms with Crippen LogP contribution in [0.2, 0.25) is 0 Å². The molecule has 0 N–H and O–H groups in total. The number of carbonyl (C=O) groups is 1.